The molecule has 1 atom stereocenters. The van der Waals surface area contributed by atoms with Gasteiger partial charge in [-0.25, -0.2) is 4.21 Å². The molecule has 0 saturated carbocycles. The standard InChI is InChI=1S/C22H36N2O6S/c1-17-15-18(23)16-19(30-13-10-12-21(26)27)22(17)24-20(25)11-8-6-4-2-3-5-7-9-14-31(28)29/h15-16H,2-14,23H2,1H3,(H,24,25)(H,26,27)(H,28,29). The van der Waals surface area contributed by atoms with E-state index in [1.165, 1.54) is 0 Å². The highest BCUT2D eigenvalue weighted by Crippen LogP contribution is 2.31. The Kier molecular flexibility index (Phi) is 13.6. The van der Waals surface area contributed by atoms with Crippen molar-refractivity contribution in [2.24, 2.45) is 0 Å². The highest BCUT2D eigenvalue weighted by Gasteiger charge is 2.12. The van der Waals surface area contributed by atoms with Gasteiger partial charge >= 0.3 is 5.97 Å². The van der Waals surface area contributed by atoms with Crippen LogP contribution >= 0.6 is 0 Å². The number of hydrogen-bond donors (Lipinski definition) is 4. The lowest BCUT2D eigenvalue weighted by Gasteiger charge is -2.16. The third kappa shape index (κ3) is 13.0. The number of ether oxygens (including phenoxy) is 1. The number of aliphatic carboxylic acids is 1. The molecule has 9 heteroatoms. The maximum atomic E-state index is 12.4. The largest absolute Gasteiger partial charge is 0.491 e. The molecule has 8 nitrogen and oxygen atoms in total. The normalized spacial score (nSPS) is 11.8. The molecule has 0 spiro atoms. The van der Waals surface area contributed by atoms with Gasteiger partial charge in [-0.15, -0.1) is 0 Å². The van der Waals surface area contributed by atoms with E-state index in [-0.39, 0.29) is 18.9 Å². The van der Waals surface area contributed by atoms with Crippen LogP contribution in [0, 0.1) is 6.92 Å². The Balaban J connectivity index is 2.31. The predicted octanol–water partition coefficient (Wildman–Crippen LogP) is 4.49. The van der Waals surface area contributed by atoms with Crippen LogP contribution in [0.3, 0.4) is 0 Å². The highest BCUT2D eigenvalue weighted by molar-refractivity contribution is 7.79. The molecular weight excluding hydrogens is 420 g/mol. The number of benzene rings is 1. The molecule has 1 amide bonds. The molecule has 31 heavy (non-hydrogen) atoms. The van der Waals surface area contributed by atoms with Gasteiger partial charge in [0, 0.05) is 30.3 Å². The lowest BCUT2D eigenvalue weighted by Crippen LogP contribution is -2.14. The van der Waals surface area contributed by atoms with Gasteiger partial charge in [0.05, 0.1) is 12.3 Å². The molecule has 176 valence electrons. The number of carbonyl (C=O) groups excluding carboxylic acids is 1. The van der Waals surface area contributed by atoms with Crippen LogP contribution in [0.25, 0.3) is 0 Å². The van der Waals surface area contributed by atoms with Crippen molar-refractivity contribution in [2.45, 2.75) is 77.6 Å². The number of rotatable bonds is 17. The minimum absolute atomic E-state index is 0.0204. The summed E-state index contributed by atoms with van der Waals surface area (Å²) in [7, 11) is 0. The molecule has 1 unspecified atom stereocenters. The van der Waals surface area contributed by atoms with Crippen molar-refractivity contribution in [1.82, 2.24) is 0 Å². The van der Waals surface area contributed by atoms with E-state index in [1.807, 2.05) is 6.92 Å². The first-order chi connectivity index (χ1) is 14.8. The first-order valence-electron chi connectivity index (χ1n) is 10.9. The molecule has 0 aliphatic carbocycles. The Bertz CT molecular complexity index is 726. The van der Waals surface area contributed by atoms with Crippen LogP contribution < -0.4 is 15.8 Å². The van der Waals surface area contributed by atoms with Crippen molar-refractivity contribution >= 4 is 34.3 Å². The maximum absolute atomic E-state index is 12.4. The third-order valence-electron chi connectivity index (χ3n) is 4.85. The quantitative estimate of drug-likeness (QED) is 0.154. The van der Waals surface area contributed by atoms with Crippen LogP contribution in [0.1, 0.15) is 76.2 Å². The average Bonchev–Trinajstić information content (AvgIpc) is 2.68. The lowest BCUT2D eigenvalue weighted by atomic mass is 10.1. The summed E-state index contributed by atoms with van der Waals surface area (Å²) in [6, 6.07) is 3.40. The summed E-state index contributed by atoms with van der Waals surface area (Å²) in [5.41, 5.74) is 7.78. The Morgan fingerprint density at radius 1 is 1.00 bits per heavy atom. The number of nitrogens with one attached hydrogen (secondary N) is 1. The predicted molar refractivity (Wildman–Crippen MR) is 124 cm³/mol. The number of aryl methyl sites for hydroxylation is 1. The molecule has 1 aromatic carbocycles. The Morgan fingerprint density at radius 3 is 2.23 bits per heavy atom. The molecule has 0 aliphatic rings. The maximum Gasteiger partial charge on any atom is 0.303 e. The third-order valence-corrected chi connectivity index (χ3v) is 5.49. The second kappa shape index (κ2) is 15.6. The smallest absolute Gasteiger partial charge is 0.303 e. The van der Waals surface area contributed by atoms with Gasteiger partial charge in [-0.05, 0) is 37.8 Å². The van der Waals surface area contributed by atoms with E-state index in [9.17, 15) is 13.8 Å². The van der Waals surface area contributed by atoms with Crippen molar-refractivity contribution < 1.29 is 28.2 Å². The summed E-state index contributed by atoms with van der Waals surface area (Å²) in [6.45, 7) is 2.07. The van der Waals surface area contributed by atoms with E-state index < -0.39 is 17.0 Å². The molecule has 0 aromatic heterocycles. The van der Waals surface area contributed by atoms with Gasteiger partial charge in [0.2, 0.25) is 5.91 Å². The van der Waals surface area contributed by atoms with E-state index in [0.717, 1.165) is 56.9 Å². The van der Waals surface area contributed by atoms with Gasteiger partial charge in [-0.3, -0.25) is 9.59 Å². The summed E-state index contributed by atoms with van der Waals surface area (Å²) >= 11 is -1.68. The van der Waals surface area contributed by atoms with Gasteiger partial charge in [-0.1, -0.05) is 38.5 Å². The topological polar surface area (TPSA) is 139 Å². The molecule has 5 N–H and O–H groups in total. The van der Waals surface area contributed by atoms with Crippen molar-refractivity contribution in [3.63, 3.8) is 0 Å². The van der Waals surface area contributed by atoms with Crippen LogP contribution in [0.15, 0.2) is 12.1 Å². The number of amides is 1. The number of carbonyl (C=O) groups is 2. The average molecular weight is 457 g/mol. The van der Waals surface area contributed by atoms with Crippen LogP contribution in [0.4, 0.5) is 11.4 Å². The van der Waals surface area contributed by atoms with Crippen molar-refractivity contribution in [3.05, 3.63) is 17.7 Å². The van der Waals surface area contributed by atoms with Crippen molar-refractivity contribution in [3.8, 4) is 5.75 Å². The van der Waals surface area contributed by atoms with Gasteiger partial charge in [0.15, 0.2) is 11.1 Å². The number of nitrogens with two attached hydrogens (primary N) is 1. The first kappa shape index (κ1) is 26.9. The number of unbranched alkanes of at least 4 members (excludes halogenated alkanes) is 7. The summed E-state index contributed by atoms with van der Waals surface area (Å²) < 4.78 is 24.9. The van der Waals surface area contributed by atoms with E-state index in [1.54, 1.807) is 12.1 Å². The van der Waals surface area contributed by atoms with E-state index in [4.69, 9.17) is 20.1 Å². The molecular formula is C22H36N2O6S. The second-order valence-electron chi connectivity index (χ2n) is 7.71. The van der Waals surface area contributed by atoms with Crippen molar-refractivity contribution in [1.29, 1.82) is 0 Å². The van der Waals surface area contributed by atoms with Gasteiger partial charge in [-0.2, -0.15) is 0 Å². The highest BCUT2D eigenvalue weighted by atomic mass is 32.2. The monoisotopic (exact) mass is 456 g/mol. The zero-order chi connectivity index (χ0) is 23.1. The van der Waals surface area contributed by atoms with Crippen LogP contribution in [0.5, 0.6) is 5.75 Å². The van der Waals surface area contributed by atoms with Gasteiger partial charge in [0.1, 0.15) is 5.75 Å². The van der Waals surface area contributed by atoms with Gasteiger partial charge < -0.3 is 25.4 Å². The Labute approximate surface area is 187 Å². The second-order valence-corrected chi connectivity index (χ2v) is 8.76. The van der Waals surface area contributed by atoms with Crippen molar-refractivity contribution in [2.75, 3.05) is 23.4 Å². The summed E-state index contributed by atoms with van der Waals surface area (Å²) in [4.78, 5) is 23.0. The molecule has 0 fully saturated rings. The van der Waals surface area contributed by atoms with E-state index in [0.29, 0.717) is 35.7 Å². The number of hydrogen-bond acceptors (Lipinski definition) is 5. The van der Waals surface area contributed by atoms with Crippen LogP contribution in [-0.2, 0) is 20.7 Å². The van der Waals surface area contributed by atoms with Crippen LogP contribution in [-0.4, -0.2) is 38.1 Å². The molecule has 0 bridgehead atoms. The summed E-state index contributed by atoms with van der Waals surface area (Å²) in [6.07, 6.45) is 8.73. The molecule has 1 aromatic rings. The number of nitrogen functional groups attached to an aromatic ring is 1. The zero-order valence-electron chi connectivity index (χ0n) is 18.4. The SMILES string of the molecule is Cc1cc(N)cc(OCCCC(=O)O)c1NC(=O)CCCCCCCCCCS(=O)O. The van der Waals surface area contributed by atoms with E-state index >= 15 is 0 Å². The number of carboxylic acid groups (broad SMARTS) is 1. The minimum atomic E-state index is -1.68. The zero-order valence-corrected chi connectivity index (χ0v) is 19.2. The minimum Gasteiger partial charge on any atom is -0.491 e. The summed E-state index contributed by atoms with van der Waals surface area (Å²) in [5.74, 6) is -0.140. The lowest BCUT2D eigenvalue weighted by molar-refractivity contribution is -0.137. The molecule has 0 radical (unpaired) electrons. The number of anilines is 2. The number of carboxylic acids is 1. The first-order valence-corrected chi connectivity index (χ1v) is 12.2. The fourth-order valence-electron chi connectivity index (χ4n) is 3.23. The Morgan fingerprint density at radius 2 is 1.61 bits per heavy atom. The molecule has 0 aliphatic heterocycles. The summed E-state index contributed by atoms with van der Waals surface area (Å²) in [5, 5.41) is 11.6. The fourth-order valence-corrected chi connectivity index (χ4v) is 3.69. The van der Waals surface area contributed by atoms with E-state index in [2.05, 4.69) is 5.32 Å². The molecule has 1 rings (SSSR count). The van der Waals surface area contributed by atoms with Crippen LogP contribution in [0.2, 0.25) is 0 Å². The fraction of sp³-hybridized carbons (Fsp3) is 0.636. The molecule has 0 saturated heterocycles. The molecule has 0 heterocycles. The Hall–Kier alpha value is -2.13. The van der Waals surface area contributed by atoms with Gasteiger partial charge in [0.25, 0.3) is 0 Å².